The van der Waals surface area contributed by atoms with E-state index in [1.54, 1.807) is 0 Å². The summed E-state index contributed by atoms with van der Waals surface area (Å²) in [6, 6.07) is 0. The van der Waals surface area contributed by atoms with Crippen LogP contribution in [0.2, 0.25) is 0 Å². The van der Waals surface area contributed by atoms with Crippen molar-refractivity contribution in [3.05, 3.63) is 11.7 Å². The molecule has 1 aromatic heterocycles. The molecule has 9 nitrogen and oxygen atoms in total. The lowest BCUT2D eigenvalue weighted by Crippen LogP contribution is -2.41. The lowest BCUT2D eigenvalue weighted by molar-refractivity contribution is -0.122. The molecule has 1 saturated carbocycles. The predicted molar refractivity (Wildman–Crippen MR) is 108 cm³/mol. The fourth-order valence-electron chi connectivity index (χ4n) is 2.17. The summed E-state index contributed by atoms with van der Waals surface area (Å²) in [7, 11) is 0. The molecule has 2 rings (SSSR count). The number of aliphatic imine (C=N–C) groups is 1. The van der Waals surface area contributed by atoms with Crippen LogP contribution in [0.4, 0.5) is 0 Å². The third-order valence-electron chi connectivity index (χ3n) is 3.65. The Morgan fingerprint density at radius 2 is 2.04 bits per heavy atom. The summed E-state index contributed by atoms with van der Waals surface area (Å²) >= 11 is 0. The van der Waals surface area contributed by atoms with Gasteiger partial charge in [0.15, 0.2) is 11.8 Å². The van der Waals surface area contributed by atoms with Crippen LogP contribution in [0.15, 0.2) is 9.52 Å². The number of rotatable bonds is 10. The van der Waals surface area contributed by atoms with Gasteiger partial charge in [-0.25, -0.2) is 4.99 Å². The molecular weight excluding hydrogens is 451 g/mol. The van der Waals surface area contributed by atoms with Gasteiger partial charge in [-0.05, 0) is 33.6 Å². The third kappa shape index (κ3) is 7.85. The van der Waals surface area contributed by atoms with Gasteiger partial charge in [0, 0.05) is 32.2 Å². The van der Waals surface area contributed by atoms with Crippen LogP contribution in [0.3, 0.4) is 0 Å². The molecule has 148 valence electrons. The normalized spacial score (nSPS) is 15.1. The average Bonchev–Trinajstić information content (AvgIpc) is 3.34. The maximum absolute atomic E-state index is 11.6. The van der Waals surface area contributed by atoms with Crippen LogP contribution in [0.25, 0.3) is 0 Å². The number of hydrogen-bond acceptors (Lipinski definition) is 6. The first-order valence-electron chi connectivity index (χ1n) is 8.88. The Labute approximate surface area is 171 Å². The summed E-state index contributed by atoms with van der Waals surface area (Å²) in [6.45, 7) is 8.55. The zero-order valence-electron chi connectivity index (χ0n) is 15.6. The van der Waals surface area contributed by atoms with Crippen molar-refractivity contribution in [3.8, 4) is 0 Å². The summed E-state index contributed by atoms with van der Waals surface area (Å²) in [5, 5.41) is 13.1. The predicted octanol–water partition coefficient (Wildman–Crippen LogP) is 1.37. The van der Waals surface area contributed by atoms with Crippen LogP contribution in [-0.2, 0) is 16.1 Å². The highest BCUT2D eigenvalue weighted by Crippen LogP contribution is 2.28. The molecular formula is C16H29IN6O3. The van der Waals surface area contributed by atoms with E-state index in [-0.39, 0.29) is 48.5 Å². The summed E-state index contributed by atoms with van der Waals surface area (Å²) in [5.41, 5.74) is 0. The van der Waals surface area contributed by atoms with Gasteiger partial charge in [-0.3, -0.25) is 4.79 Å². The molecule has 0 radical (unpaired) electrons. The van der Waals surface area contributed by atoms with Gasteiger partial charge in [0.1, 0.15) is 12.6 Å². The van der Waals surface area contributed by atoms with E-state index < -0.39 is 0 Å². The number of carbonyl (C=O) groups is 1. The van der Waals surface area contributed by atoms with Crippen molar-refractivity contribution in [1.29, 1.82) is 0 Å². The van der Waals surface area contributed by atoms with E-state index in [9.17, 15) is 4.79 Å². The van der Waals surface area contributed by atoms with E-state index in [2.05, 4.69) is 31.1 Å². The Morgan fingerprint density at radius 3 is 2.69 bits per heavy atom. The van der Waals surface area contributed by atoms with Gasteiger partial charge in [-0.15, -0.1) is 24.0 Å². The van der Waals surface area contributed by atoms with Gasteiger partial charge in [0.25, 0.3) is 0 Å². The van der Waals surface area contributed by atoms with Gasteiger partial charge in [-0.2, -0.15) is 4.98 Å². The summed E-state index contributed by atoms with van der Waals surface area (Å²) in [4.78, 5) is 20.3. The Bertz CT molecular complexity index is 576. The first-order chi connectivity index (χ1) is 12.1. The molecule has 1 heterocycles. The maximum atomic E-state index is 11.6. The van der Waals surface area contributed by atoms with Crippen molar-refractivity contribution in [1.82, 2.24) is 26.1 Å². The van der Waals surface area contributed by atoms with E-state index >= 15 is 0 Å². The highest BCUT2D eigenvalue weighted by atomic mass is 127. The largest absolute Gasteiger partial charge is 0.371 e. The number of carbonyl (C=O) groups excluding carboxylic acids is 1. The second-order valence-corrected chi connectivity index (χ2v) is 5.83. The van der Waals surface area contributed by atoms with Crippen molar-refractivity contribution >= 4 is 35.8 Å². The first kappa shape index (κ1) is 22.6. The molecule has 1 aliphatic carbocycles. The zero-order valence-corrected chi connectivity index (χ0v) is 17.9. The monoisotopic (exact) mass is 480 g/mol. The van der Waals surface area contributed by atoms with Crippen LogP contribution in [0.1, 0.15) is 51.4 Å². The molecule has 10 heteroatoms. The maximum Gasteiger partial charge on any atom is 0.248 e. The minimum Gasteiger partial charge on any atom is -0.371 e. The highest BCUT2D eigenvalue weighted by molar-refractivity contribution is 14.0. The van der Waals surface area contributed by atoms with Crippen LogP contribution in [-0.4, -0.2) is 48.2 Å². The van der Waals surface area contributed by atoms with Crippen molar-refractivity contribution in [2.24, 2.45) is 10.9 Å². The molecule has 0 bridgehead atoms. The third-order valence-corrected chi connectivity index (χ3v) is 3.65. The standard InChI is InChI=1S/C16H28N6O3.HI/c1-4-17-16(19-9-8-18-15(23)12-6-7-12)20-10-13-21-14(22-25-13)11(3)24-5-2;/h11-12H,4-10H2,1-3H3,(H,18,23)(H2,17,19,20);1H. The molecule has 0 aliphatic heterocycles. The molecule has 1 fully saturated rings. The lowest BCUT2D eigenvalue weighted by Gasteiger charge is -2.11. The SMILES string of the molecule is CCNC(=NCc1nc(C(C)OCC)no1)NCCNC(=O)C1CC1.I. The van der Waals surface area contributed by atoms with Crippen LogP contribution >= 0.6 is 24.0 Å². The fraction of sp³-hybridized carbons (Fsp3) is 0.750. The molecule has 1 aliphatic rings. The van der Waals surface area contributed by atoms with Crippen LogP contribution < -0.4 is 16.0 Å². The number of aromatic nitrogens is 2. The minimum absolute atomic E-state index is 0. The number of hydrogen-bond donors (Lipinski definition) is 3. The minimum atomic E-state index is -0.201. The molecule has 0 aromatic carbocycles. The molecule has 1 atom stereocenters. The van der Waals surface area contributed by atoms with E-state index in [1.165, 1.54) is 0 Å². The average molecular weight is 480 g/mol. The van der Waals surface area contributed by atoms with Crippen LogP contribution in [0.5, 0.6) is 0 Å². The number of halogens is 1. The second-order valence-electron chi connectivity index (χ2n) is 5.83. The van der Waals surface area contributed by atoms with E-state index in [1.807, 2.05) is 20.8 Å². The number of amides is 1. The van der Waals surface area contributed by atoms with Crippen LogP contribution in [0, 0.1) is 5.92 Å². The topological polar surface area (TPSA) is 114 Å². The fourth-order valence-corrected chi connectivity index (χ4v) is 2.17. The second kappa shape index (κ2) is 12.0. The Morgan fingerprint density at radius 1 is 1.31 bits per heavy atom. The molecule has 1 aromatic rings. The Hall–Kier alpha value is -1.43. The van der Waals surface area contributed by atoms with E-state index in [0.29, 0.717) is 37.4 Å². The van der Waals surface area contributed by atoms with Crippen molar-refractivity contribution < 1.29 is 14.1 Å². The van der Waals surface area contributed by atoms with E-state index in [4.69, 9.17) is 9.26 Å². The lowest BCUT2D eigenvalue weighted by atomic mass is 10.4. The number of guanidine groups is 1. The molecule has 3 N–H and O–H groups in total. The van der Waals surface area contributed by atoms with Gasteiger partial charge >= 0.3 is 0 Å². The number of nitrogens with zero attached hydrogens (tertiary/aromatic N) is 3. The van der Waals surface area contributed by atoms with Gasteiger partial charge < -0.3 is 25.2 Å². The van der Waals surface area contributed by atoms with Crippen molar-refractivity contribution in [2.75, 3.05) is 26.2 Å². The molecule has 1 unspecified atom stereocenters. The molecule has 26 heavy (non-hydrogen) atoms. The Balaban J connectivity index is 0.00000338. The number of ether oxygens (including phenoxy) is 1. The Kier molecular flexibility index (Phi) is 10.5. The quantitative estimate of drug-likeness (QED) is 0.201. The van der Waals surface area contributed by atoms with Gasteiger partial charge in [0.05, 0.1) is 0 Å². The summed E-state index contributed by atoms with van der Waals surface area (Å²) < 4.78 is 10.6. The zero-order chi connectivity index (χ0) is 18.1. The summed E-state index contributed by atoms with van der Waals surface area (Å²) in [6.07, 6.45) is 1.82. The smallest absolute Gasteiger partial charge is 0.248 e. The number of nitrogens with one attached hydrogen (secondary N) is 3. The highest BCUT2D eigenvalue weighted by Gasteiger charge is 2.28. The van der Waals surface area contributed by atoms with Crippen molar-refractivity contribution in [2.45, 2.75) is 46.3 Å². The first-order valence-corrected chi connectivity index (χ1v) is 8.88. The van der Waals surface area contributed by atoms with E-state index in [0.717, 1.165) is 19.4 Å². The molecule has 1 amide bonds. The van der Waals surface area contributed by atoms with Crippen molar-refractivity contribution in [3.63, 3.8) is 0 Å². The summed E-state index contributed by atoms with van der Waals surface area (Å²) in [5.74, 6) is 1.97. The molecule has 0 saturated heterocycles. The van der Waals surface area contributed by atoms with Gasteiger partial charge in [0.2, 0.25) is 11.8 Å². The molecule has 0 spiro atoms. The van der Waals surface area contributed by atoms with Gasteiger partial charge in [-0.1, -0.05) is 5.16 Å².